The van der Waals surface area contributed by atoms with Crippen LogP contribution in [0.1, 0.15) is 19.8 Å². The lowest BCUT2D eigenvalue weighted by Crippen LogP contribution is -2.23. The van der Waals surface area contributed by atoms with Crippen LogP contribution in [0.25, 0.3) is 10.9 Å². The van der Waals surface area contributed by atoms with E-state index >= 15 is 0 Å². The molecule has 1 heterocycles. The predicted octanol–water partition coefficient (Wildman–Crippen LogP) is 2.94. The summed E-state index contributed by atoms with van der Waals surface area (Å²) < 4.78 is 11.9. The number of aryl methyl sites for hydroxylation is 1. The van der Waals surface area contributed by atoms with E-state index < -0.39 is 0 Å². The fourth-order valence-corrected chi connectivity index (χ4v) is 2.59. The van der Waals surface area contributed by atoms with E-state index in [1.165, 1.54) is 7.11 Å². The Kier molecular flexibility index (Phi) is 6.01. The normalized spacial score (nSPS) is 10.4. The van der Waals surface area contributed by atoms with E-state index in [0.717, 1.165) is 24.0 Å². The largest absolute Gasteiger partial charge is 0.492 e. The predicted molar refractivity (Wildman–Crippen MR) is 95.0 cm³/mol. The van der Waals surface area contributed by atoms with E-state index in [1.54, 1.807) is 10.6 Å². The van der Waals surface area contributed by atoms with E-state index in [2.05, 4.69) is 18.8 Å². The van der Waals surface area contributed by atoms with Gasteiger partial charge in [0.1, 0.15) is 0 Å². The quantitative estimate of drug-likeness (QED) is 0.565. The van der Waals surface area contributed by atoms with Crippen molar-refractivity contribution in [3.05, 3.63) is 41.2 Å². The van der Waals surface area contributed by atoms with Crippen LogP contribution in [0.15, 0.2) is 35.6 Å². The third kappa shape index (κ3) is 3.42. The number of ether oxygens (including phenoxy) is 2. The maximum atomic E-state index is 12.7. The van der Waals surface area contributed by atoms with E-state index in [1.807, 2.05) is 18.2 Å². The maximum Gasteiger partial charge on any atom is 0.298 e. The minimum Gasteiger partial charge on any atom is -0.492 e. The fraction of sp³-hybridized carbons (Fsp3) is 0.333. The molecule has 0 amide bonds. The molecule has 2 aromatic rings. The molecule has 0 aliphatic carbocycles. The molecule has 0 unspecified atom stereocenters. The average molecular weight is 330 g/mol. The van der Waals surface area contributed by atoms with Gasteiger partial charge in [0.05, 0.1) is 12.6 Å². The standard InChI is InChI=1S/C18H22N2O4/c1-4-6-10-20-15-11-13(19-9-5-2)7-8-14(15)16(23-3)17(18(20)22)24-12-21/h5,7-8,11-12,19H,2,4,6,9-10H2,1,3H3. The average Bonchev–Trinajstić information content (AvgIpc) is 2.60. The first-order valence-electron chi connectivity index (χ1n) is 7.87. The Bertz CT molecular complexity index is 796. The van der Waals surface area contributed by atoms with Crippen molar-refractivity contribution in [3.8, 4) is 11.5 Å². The number of fused-ring (bicyclic) bond motifs is 1. The van der Waals surface area contributed by atoms with E-state index in [-0.39, 0.29) is 23.5 Å². The van der Waals surface area contributed by atoms with Crippen LogP contribution >= 0.6 is 0 Å². The summed E-state index contributed by atoms with van der Waals surface area (Å²) >= 11 is 0. The summed E-state index contributed by atoms with van der Waals surface area (Å²) in [6, 6.07) is 5.62. The summed E-state index contributed by atoms with van der Waals surface area (Å²) in [5, 5.41) is 3.92. The van der Waals surface area contributed by atoms with Crippen LogP contribution in [0.5, 0.6) is 11.5 Å². The van der Waals surface area contributed by atoms with Gasteiger partial charge in [-0.1, -0.05) is 19.4 Å². The molecule has 24 heavy (non-hydrogen) atoms. The second-order valence-electron chi connectivity index (χ2n) is 5.29. The Morgan fingerprint density at radius 3 is 2.75 bits per heavy atom. The lowest BCUT2D eigenvalue weighted by molar-refractivity contribution is -0.120. The van der Waals surface area contributed by atoms with Crippen LogP contribution in [0.3, 0.4) is 0 Å². The monoisotopic (exact) mass is 330 g/mol. The Labute approximate surface area is 140 Å². The summed E-state index contributed by atoms with van der Waals surface area (Å²) in [6.07, 6.45) is 3.54. The number of nitrogens with one attached hydrogen (secondary N) is 1. The summed E-state index contributed by atoms with van der Waals surface area (Å²) in [4.78, 5) is 23.5. The van der Waals surface area contributed by atoms with Crippen LogP contribution in [0, 0.1) is 0 Å². The molecule has 0 aliphatic heterocycles. The van der Waals surface area contributed by atoms with Gasteiger partial charge in [-0.2, -0.15) is 0 Å². The molecule has 6 heteroatoms. The van der Waals surface area contributed by atoms with Gasteiger partial charge in [0.15, 0.2) is 5.75 Å². The number of carbonyl (C=O) groups excluding carboxylic acids is 1. The smallest absolute Gasteiger partial charge is 0.298 e. The Morgan fingerprint density at radius 1 is 1.33 bits per heavy atom. The van der Waals surface area contributed by atoms with Gasteiger partial charge in [-0.15, -0.1) is 6.58 Å². The van der Waals surface area contributed by atoms with Gasteiger partial charge < -0.3 is 19.4 Å². The van der Waals surface area contributed by atoms with Crippen LogP contribution < -0.4 is 20.3 Å². The van der Waals surface area contributed by atoms with Crippen LogP contribution in [-0.4, -0.2) is 24.7 Å². The Hall–Kier alpha value is -2.76. The zero-order valence-corrected chi connectivity index (χ0v) is 14.0. The molecule has 0 saturated carbocycles. The zero-order chi connectivity index (χ0) is 17.5. The van der Waals surface area contributed by atoms with Crippen molar-refractivity contribution in [3.63, 3.8) is 0 Å². The molecule has 0 atom stereocenters. The number of benzene rings is 1. The van der Waals surface area contributed by atoms with Crippen LogP contribution in [-0.2, 0) is 11.3 Å². The van der Waals surface area contributed by atoms with Gasteiger partial charge in [-0.3, -0.25) is 9.59 Å². The molecule has 6 nitrogen and oxygen atoms in total. The summed E-state index contributed by atoms with van der Waals surface area (Å²) in [5.74, 6) is 0.188. The number of hydrogen-bond acceptors (Lipinski definition) is 5. The third-order valence-electron chi connectivity index (χ3n) is 3.73. The van der Waals surface area contributed by atoms with Crippen molar-refractivity contribution in [1.29, 1.82) is 0 Å². The highest BCUT2D eigenvalue weighted by Crippen LogP contribution is 2.33. The van der Waals surface area contributed by atoms with E-state index in [0.29, 0.717) is 18.5 Å². The van der Waals surface area contributed by atoms with Gasteiger partial charge in [-0.05, 0) is 24.6 Å². The molecular formula is C18H22N2O4. The first-order chi connectivity index (χ1) is 11.7. The molecule has 0 saturated heterocycles. The lowest BCUT2D eigenvalue weighted by Gasteiger charge is -2.16. The molecule has 128 valence electrons. The van der Waals surface area contributed by atoms with E-state index in [9.17, 15) is 9.59 Å². The number of methoxy groups -OCH3 is 1. The third-order valence-corrected chi connectivity index (χ3v) is 3.73. The highest BCUT2D eigenvalue weighted by atomic mass is 16.5. The molecule has 2 rings (SSSR count). The topological polar surface area (TPSA) is 69.6 Å². The van der Waals surface area contributed by atoms with Crippen molar-refractivity contribution in [1.82, 2.24) is 4.57 Å². The first-order valence-corrected chi connectivity index (χ1v) is 7.87. The number of nitrogens with zero attached hydrogens (tertiary/aromatic N) is 1. The molecule has 0 bridgehead atoms. The number of carbonyl (C=O) groups is 1. The maximum absolute atomic E-state index is 12.7. The summed E-state index contributed by atoms with van der Waals surface area (Å²) in [7, 11) is 1.45. The molecule has 0 fully saturated rings. The van der Waals surface area contributed by atoms with Crippen molar-refractivity contribution in [2.45, 2.75) is 26.3 Å². The van der Waals surface area contributed by atoms with Gasteiger partial charge in [-0.25, -0.2) is 0 Å². The highest BCUT2D eigenvalue weighted by Gasteiger charge is 2.19. The SMILES string of the molecule is C=CCNc1ccc2c(OC)c(OC=O)c(=O)n(CCCC)c2c1. The molecule has 1 N–H and O–H groups in total. The Morgan fingerprint density at radius 2 is 2.12 bits per heavy atom. The number of unbranched alkanes of at least 4 members (excludes halogenated alkanes) is 1. The molecule has 1 aromatic carbocycles. The molecule has 1 aromatic heterocycles. The van der Waals surface area contributed by atoms with Gasteiger partial charge in [0.25, 0.3) is 12.0 Å². The van der Waals surface area contributed by atoms with Gasteiger partial charge in [0, 0.05) is 24.2 Å². The number of aromatic nitrogens is 1. The lowest BCUT2D eigenvalue weighted by atomic mass is 10.1. The van der Waals surface area contributed by atoms with Crippen LogP contribution in [0.2, 0.25) is 0 Å². The van der Waals surface area contributed by atoms with Crippen LogP contribution in [0.4, 0.5) is 5.69 Å². The minimum atomic E-state index is -0.374. The fourth-order valence-electron chi connectivity index (χ4n) is 2.59. The van der Waals surface area contributed by atoms with E-state index in [4.69, 9.17) is 9.47 Å². The summed E-state index contributed by atoms with van der Waals surface area (Å²) in [6.45, 7) is 7.14. The van der Waals surface area contributed by atoms with Crippen molar-refractivity contribution in [2.24, 2.45) is 0 Å². The zero-order valence-electron chi connectivity index (χ0n) is 14.0. The molecular weight excluding hydrogens is 308 g/mol. The first kappa shape index (κ1) is 17.6. The number of rotatable bonds is 9. The molecule has 0 radical (unpaired) electrons. The minimum absolute atomic E-state index is 0.0806. The Balaban J connectivity index is 2.74. The van der Waals surface area contributed by atoms with Crippen molar-refractivity contribution >= 4 is 23.1 Å². The molecule has 0 aliphatic rings. The summed E-state index contributed by atoms with van der Waals surface area (Å²) in [5.41, 5.74) is 1.23. The molecule has 0 spiro atoms. The number of pyridine rings is 1. The number of hydrogen-bond donors (Lipinski definition) is 1. The highest BCUT2D eigenvalue weighted by molar-refractivity contribution is 5.90. The van der Waals surface area contributed by atoms with Gasteiger partial charge >= 0.3 is 0 Å². The number of anilines is 1. The van der Waals surface area contributed by atoms with Crippen molar-refractivity contribution < 1.29 is 14.3 Å². The van der Waals surface area contributed by atoms with Gasteiger partial charge in [0.2, 0.25) is 5.75 Å². The second kappa shape index (κ2) is 8.19. The van der Waals surface area contributed by atoms with Crippen molar-refractivity contribution in [2.75, 3.05) is 19.0 Å². The second-order valence-corrected chi connectivity index (χ2v) is 5.29.